The molecule has 2 heterocycles. The number of rotatable bonds is 5. The Kier molecular flexibility index (Phi) is 4.30. The molecule has 3 aromatic rings. The monoisotopic (exact) mass is 310 g/mol. The number of hydrogen-bond donors (Lipinski definition) is 0. The summed E-state index contributed by atoms with van der Waals surface area (Å²) in [5, 5.41) is 0. The third-order valence-corrected chi connectivity index (χ3v) is 4.14. The number of methoxy groups -OCH3 is 1. The standard InChI is InChI=1S/C18H22N4O/c1-5-14-7-6-13(11-23-4)8-16(14)22(3)18-9-17-15(10-19-18)20-12-21(17)2/h6-10,12H,5,11H2,1-4H3. The lowest BCUT2D eigenvalue weighted by Gasteiger charge is -2.22. The van der Waals surface area contributed by atoms with Gasteiger partial charge in [-0.2, -0.15) is 0 Å². The molecule has 0 amide bonds. The minimum absolute atomic E-state index is 0.610. The smallest absolute Gasteiger partial charge is 0.134 e. The molecule has 5 nitrogen and oxygen atoms in total. The van der Waals surface area contributed by atoms with Crippen molar-refractivity contribution in [3.05, 3.63) is 47.9 Å². The Morgan fingerprint density at radius 2 is 2.04 bits per heavy atom. The molecule has 120 valence electrons. The second kappa shape index (κ2) is 6.38. The second-order valence-corrected chi connectivity index (χ2v) is 5.70. The van der Waals surface area contributed by atoms with Crippen molar-refractivity contribution in [1.82, 2.24) is 14.5 Å². The first-order chi connectivity index (χ1) is 11.1. The zero-order valence-electron chi connectivity index (χ0n) is 14.1. The largest absolute Gasteiger partial charge is 0.380 e. The zero-order chi connectivity index (χ0) is 16.4. The van der Waals surface area contributed by atoms with Crippen LogP contribution in [-0.2, 0) is 24.8 Å². The van der Waals surface area contributed by atoms with Gasteiger partial charge < -0.3 is 14.2 Å². The van der Waals surface area contributed by atoms with E-state index in [1.807, 2.05) is 24.1 Å². The van der Waals surface area contributed by atoms with E-state index < -0.39 is 0 Å². The predicted molar refractivity (Wildman–Crippen MR) is 93.1 cm³/mol. The summed E-state index contributed by atoms with van der Waals surface area (Å²) in [6.45, 7) is 2.78. The van der Waals surface area contributed by atoms with E-state index in [0.717, 1.165) is 34.5 Å². The number of benzene rings is 1. The quantitative estimate of drug-likeness (QED) is 0.724. The Hall–Kier alpha value is -2.40. The number of fused-ring (bicyclic) bond motifs is 1. The van der Waals surface area contributed by atoms with Gasteiger partial charge >= 0.3 is 0 Å². The third kappa shape index (κ3) is 2.92. The van der Waals surface area contributed by atoms with Gasteiger partial charge in [0.05, 0.1) is 24.6 Å². The third-order valence-electron chi connectivity index (χ3n) is 4.14. The van der Waals surface area contributed by atoms with Crippen molar-refractivity contribution in [3.8, 4) is 0 Å². The molecule has 1 aromatic carbocycles. The molecule has 2 aromatic heterocycles. The summed E-state index contributed by atoms with van der Waals surface area (Å²) in [6, 6.07) is 8.54. The first-order valence-corrected chi connectivity index (χ1v) is 7.75. The predicted octanol–water partition coefficient (Wildman–Crippen LogP) is 3.45. The highest BCUT2D eigenvalue weighted by Crippen LogP contribution is 2.29. The van der Waals surface area contributed by atoms with Gasteiger partial charge in [-0.05, 0) is 23.6 Å². The molecule has 0 fully saturated rings. The first-order valence-electron chi connectivity index (χ1n) is 7.75. The van der Waals surface area contributed by atoms with Crippen molar-refractivity contribution in [2.45, 2.75) is 20.0 Å². The lowest BCUT2D eigenvalue weighted by atomic mass is 10.1. The SMILES string of the molecule is CCc1ccc(COC)cc1N(C)c1cc2c(cn1)ncn2C. The van der Waals surface area contributed by atoms with Gasteiger partial charge in [0.15, 0.2) is 0 Å². The Morgan fingerprint density at radius 3 is 2.78 bits per heavy atom. The van der Waals surface area contributed by atoms with Crippen LogP contribution in [-0.4, -0.2) is 28.7 Å². The maximum atomic E-state index is 5.26. The second-order valence-electron chi connectivity index (χ2n) is 5.70. The molecule has 0 aliphatic heterocycles. The van der Waals surface area contributed by atoms with E-state index in [1.165, 1.54) is 5.56 Å². The molecule has 0 bridgehead atoms. The van der Waals surface area contributed by atoms with Crippen LogP contribution in [0.2, 0.25) is 0 Å². The lowest BCUT2D eigenvalue weighted by molar-refractivity contribution is 0.185. The van der Waals surface area contributed by atoms with Crippen LogP contribution in [0.5, 0.6) is 0 Å². The number of anilines is 2. The summed E-state index contributed by atoms with van der Waals surface area (Å²) >= 11 is 0. The molecule has 0 radical (unpaired) electrons. The molecule has 0 N–H and O–H groups in total. The number of aryl methyl sites for hydroxylation is 2. The van der Waals surface area contributed by atoms with E-state index in [9.17, 15) is 0 Å². The minimum atomic E-state index is 0.610. The molecule has 0 saturated carbocycles. The summed E-state index contributed by atoms with van der Waals surface area (Å²) in [5.74, 6) is 0.908. The summed E-state index contributed by atoms with van der Waals surface area (Å²) in [6.07, 6.45) is 4.61. The van der Waals surface area contributed by atoms with Gasteiger partial charge in [-0.15, -0.1) is 0 Å². The van der Waals surface area contributed by atoms with E-state index in [-0.39, 0.29) is 0 Å². The maximum Gasteiger partial charge on any atom is 0.134 e. The number of nitrogens with zero attached hydrogens (tertiary/aromatic N) is 4. The van der Waals surface area contributed by atoms with E-state index in [0.29, 0.717) is 6.61 Å². The average molecular weight is 310 g/mol. The topological polar surface area (TPSA) is 43.2 Å². The number of aromatic nitrogens is 3. The molecule has 3 rings (SSSR count). The van der Waals surface area contributed by atoms with Crippen molar-refractivity contribution in [2.24, 2.45) is 7.05 Å². The number of imidazole rings is 1. The fourth-order valence-electron chi connectivity index (χ4n) is 2.80. The van der Waals surface area contributed by atoms with Crippen LogP contribution in [0.3, 0.4) is 0 Å². The molecular formula is C18H22N4O. The van der Waals surface area contributed by atoms with Gasteiger partial charge in [0.25, 0.3) is 0 Å². The molecule has 0 unspecified atom stereocenters. The number of ether oxygens (including phenoxy) is 1. The van der Waals surface area contributed by atoms with E-state index in [1.54, 1.807) is 7.11 Å². The summed E-state index contributed by atoms with van der Waals surface area (Å²) in [4.78, 5) is 11.0. The summed E-state index contributed by atoms with van der Waals surface area (Å²) in [5.41, 5.74) is 5.60. The first kappa shape index (κ1) is 15.5. The Labute approximate surface area is 136 Å². The molecular weight excluding hydrogens is 288 g/mol. The van der Waals surface area contributed by atoms with Crippen molar-refractivity contribution < 1.29 is 4.74 Å². The highest BCUT2D eigenvalue weighted by atomic mass is 16.5. The van der Waals surface area contributed by atoms with Crippen molar-refractivity contribution in [2.75, 3.05) is 19.1 Å². The zero-order valence-corrected chi connectivity index (χ0v) is 14.1. The fraction of sp³-hybridized carbons (Fsp3) is 0.333. The normalized spacial score (nSPS) is 11.1. The van der Waals surface area contributed by atoms with Crippen LogP contribution >= 0.6 is 0 Å². The van der Waals surface area contributed by atoms with Gasteiger partial charge in [-0.1, -0.05) is 19.1 Å². The van der Waals surface area contributed by atoms with Gasteiger partial charge in [0.2, 0.25) is 0 Å². The maximum absolute atomic E-state index is 5.26. The van der Waals surface area contributed by atoms with Crippen molar-refractivity contribution in [3.63, 3.8) is 0 Å². The molecule has 0 spiro atoms. The number of hydrogen-bond acceptors (Lipinski definition) is 4. The molecule has 0 aliphatic carbocycles. The van der Waals surface area contributed by atoms with E-state index >= 15 is 0 Å². The Morgan fingerprint density at radius 1 is 1.22 bits per heavy atom. The van der Waals surface area contributed by atoms with Crippen LogP contribution in [0, 0.1) is 0 Å². The van der Waals surface area contributed by atoms with Crippen LogP contribution in [0.25, 0.3) is 11.0 Å². The van der Waals surface area contributed by atoms with Crippen LogP contribution in [0.4, 0.5) is 11.5 Å². The van der Waals surface area contributed by atoms with E-state index in [4.69, 9.17) is 4.74 Å². The highest BCUT2D eigenvalue weighted by molar-refractivity contribution is 5.79. The Balaban J connectivity index is 2.04. The molecule has 5 heteroatoms. The molecule has 0 atom stereocenters. The van der Waals surface area contributed by atoms with E-state index in [2.05, 4.69) is 53.1 Å². The van der Waals surface area contributed by atoms with Gasteiger partial charge in [0, 0.05) is 33.0 Å². The molecule has 0 saturated heterocycles. The minimum Gasteiger partial charge on any atom is -0.380 e. The average Bonchev–Trinajstić information content (AvgIpc) is 2.95. The highest BCUT2D eigenvalue weighted by Gasteiger charge is 2.12. The number of pyridine rings is 1. The molecule has 0 aliphatic rings. The van der Waals surface area contributed by atoms with Gasteiger partial charge in [-0.3, -0.25) is 0 Å². The molecule has 23 heavy (non-hydrogen) atoms. The van der Waals surface area contributed by atoms with Crippen LogP contribution in [0.1, 0.15) is 18.1 Å². The van der Waals surface area contributed by atoms with Crippen LogP contribution < -0.4 is 4.90 Å². The van der Waals surface area contributed by atoms with Crippen molar-refractivity contribution >= 4 is 22.5 Å². The van der Waals surface area contributed by atoms with Crippen molar-refractivity contribution in [1.29, 1.82) is 0 Å². The Bertz CT molecular complexity index is 825. The lowest BCUT2D eigenvalue weighted by Crippen LogP contribution is -2.13. The summed E-state index contributed by atoms with van der Waals surface area (Å²) in [7, 11) is 5.76. The van der Waals surface area contributed by atoms with Crippen LogP contribution in [0.15, 0.2) is 36.8 Å². The van der Waals surface area contributed by atoms with Gasteiger partial charge in [-0.25, -0.2) is 9.97 Å². The summed E-state index contributed by atoms with van der Waals surface area (Å²) < 4.78 is 7.27. The fourth-order valence-corrected chi connectivity index (χ4v) is 2.80. The van der Waals surface area contributed by atoms with Gasteiger partial charge in [0.1, 0.15) is 11.3 Å².